The summed E-state index contributed by atoms with van der Waals surface area (Å²) in [5, 5.41) is 15.0. The van der Waals surface area contributed by atoms with Crippen molar-refractivity contribution < 1.29 is 18.7 Å². The molecule has 2 aromatic rings. The highest BCUT2D eigenvalue weighted by molar-refractivity contribution is 7.09. The zero-order valence-electron chi connectivity index (χ0n) is 12.0. The van der Waals surface area contributed by atoms with Crippen LogP contribution in [0.3, 0.4) is 0 Å². The van der Waals surface area contributed by atoms with Crippen molar-refractivity contribution in [3.8, 4) is 0 Å². The number of rotatable bonds is 6. The van der Waals surface area contributed by atoms with Gasteiger partial charge in [-0.15, -0.1) is 11.3 Å². The summed E-state index contributed by atoms with van der Waals surface area (Å²) in [6.07, 6.45) is -0.563. The quantitative estimate of drug-likeness (QED) is 0.857. The largest absolute Gasteiger partial charge is 0.386 e. The number of hydrogen-bond acceptors (Lipinski definition) is 4. The van der Waals surface area contributed by atoms with Gasteiger partial charge in [0, 0.05) is 11.9 Å². The lowest BCUT2D eigenvalue weighted by Gasteiger charge is -2.13. The van der Waals surface area contributed by atoms with Gasteiger partial charge in [0.15, 0.2) is 0 Å². The van der Waals surface area contributed by atoms with Gasteiger partial charge >= 0.3 is 0 Å². The van der Waals surface area contributed by atoms with E-state index in [9.17, 15) is 18.7 Å². The van der Waals surface area contributed by atoms with Gasteiger partial charge in [-0.1, -0.05) is 13.0 Å². The lowest BCUT2D eigenvalue weighted by molar-refractivity contribution is -0.121. The second-order valence-corrected chi connectivity index (χ2v) is 5.66. The summed E-state index contributed by atoms with van der Waals surface area (Å²) in [7, 11) is 0. The predicted molar refractivity (Wildman–Crippen MR) is 79.5 cm³/mol. The van der Waals surface area contributed by atoms with Crippen LogP contribution in [0.15, 0.2) is 23.6 Å². The van der Waals surface area contributed by atoms with E-state index in [2.05, 4.69) is 10.3 Å². The first-order chi connectivity index (χ1) is 10.5. The maximum absolute atomic E-state index is 13.5. The summed E-state index contributed by atoms with van der Waals surface area (Å²) in [4.78, 5) is 16.0. The Balaban J connectivity index is 1.90. The Kier molecular flexibility index (Phi) is 5.57. The third-order valence-corrected chi connectivity index (χ3v) is 4.11. The number of aryl methyl sites for hydroxylation is 1. The van der Waals surface area contributed by atoms with E-state index in [0.717, 1.165) is 23.6 Å². The van der Waals surface area contributed by atoms with Crippen molar-refractivity contribution in [2.45, 2.75) is 25.9 Å². The molecule has 0 fully saturated rings. The minimum Gasteiger partial charge on any atom is -0.386 e. The van der Waals surface area contributed by atoms with Crippen LogP contribution in [0.5, 0.6) is 0 Å². The van der Waals surface area contributed by atoms with Crippen molar-refractivity contribution in [1.29, 1.82) is 0 Å². The molecule has 1 aromatic heterocycles. The third-order valence-electron chi connectivity index (χ3n) is 3.07. The second-order valence-electron chi connectivity index (χ2n) is 4.72. The molecule has 1 heterocycles. The lowest BCUT2D eigenvalue weighted by atomic mass is 10.1. The van der Waals surface area contributed by atoms with E-state index in [1.807, 2.05) is 6.92 Å². The number of carbonyl (C=O) groups is 1. The van der Waals surface area contributed by atoms with Crippen LogP contribution in [0.2, 0.25) is 0 Å². The molecule has 1 amide bonds. The SMILES string of the molecule is CCc1nc(CC(=O)NCC(O)c2c(F)cccc2F)cs1. The van der Waals surface area contributed by atoms with Gasteiger partial charge < -0.3 is 10.4 Å². The van der Waals surface area contributed by atoms with Crippen molar-refractivity contribution in [2.24, 2.45) is 0 Å². The number of carbonyl (C=O) groups excluding carboxylic acids is 1. The Morgan fingerprint density at radius 3 is 2.68 bits per heavy atom. The number of hydrogen-bond donors (Lipinski definition) is 2. The molecular weight excluding hydrogens is 310 g/mol. The van der Waals surface area contributed by atoms with Gasteiger partial charge in [0.05, 0.1) is 22.7 Å². The molecule has 118 valence electrons. The van der Waals surface area contributed by atoms with Crippen molar-refractivity contribution in [3.05, 3.63) is 51.5 Å². The number of nitrogens with one attached hydrogen (secondary N) is 1. The first-order valence-corrected chi connectivity index (χ1v) is 7.71. The Hall–Kier alpha value is -1.86. The minimum absolute atomic E-state index is 0.0724. The van der Waals surface area contributed by atoms with E-state index < -0.39 is 23.3 Å². The topological polar surface area (TPSA) is 62.2 Å². The van der Waals surface area contributed by atoms with Gasteiger partial charge in [0.2, 0.25) is 5.91 Å². The van der Waals surface area contributed by atoms with Crippen molar-refractivity contribution >= 4 is 17.2 Å². The molecule has 0 radical (unpaired) electrons. The number of thiazole rings is 1. The molecule has 0 saturated heterocycles. The van der Waals surface area contributed by atoms with Crippen LogP contribution >= 0.6 is 11.3 Å². The van der Waals surface area contributed by atoms with E-state index in [0.29, 0.717) is 5.69 Å². The fourth-order valence-corrected chi connectivity index (χ4v) is 2.71. The highest BCUT2D eigenvalue weighted by Gasteiger charge is 2.18. The van der Waals surface area contributed by atoms with Crippen molar-refractivity contribution in [3.63, 3.8) is 0 Å². The Morgan fingerprint density at radius 2 is 2.09 bits per heavy atom. The number of aliphatic hydroxyl groups is 1. The number of nitrogens with zero attached hydrogens (tertiary/aromatic N) is 1. The summed E-state index contributed by atoms with van der Waals surface area (Å²) in [6.45, 7) is 1.71. The van der Waals surface area contributed by atoms with Crippen LogP contribution in [0.25, 0.3) is 0 Å². The molecule has 0 saturated carbocycles. The minimum atomic E-state index is -1.44. The van der Waals surface area contributed by atoms with Crippen LogP contribution in [0.4, 0.5) is 8.78 Å². The lowest BCUT2D eigenvalue weighted by Crippen LogP contribution is -2.30. The van der Waals surface area contributed by atoms with E-state index in [-0.39, 0.29) is 18.9 Å². The molecule has 4 nitrogen and oxygen atoms in total. The second kappa shape index (κ2) is 7.42. The zero-order valence-corrected chi connectivity index (χ0v) is 12.8. The summed E-state index contributed by atoms with van der Waals surface area (Å²) in [5.41, 5.74) is 0.204. The van der Waals surface area contributed by atoms with Crippen LogP contribution in [-0.4, -0.2) is 22.5 Å². The number of halogens is 2. The first kappa shape index (κ1) is 16.5. The average Bonchev–Trinajstić information content (AvgIpc) is 2.92. The van der Waals surface area contributed by atoms with E-state index in [1.54, 1.807) is 5.38 Å². The molecule has 0 aliphatic carbocycles. The molecule has 22 heavy (non-hydrogen) atoms. The summed E-state index contributed by atoms with van der Waals surface area (Å²) in [6, 6.07) is 3.34. The Bertz CT molecular complexity index is 640. The fourth-order valence-electron chi connectivity index (χ4n) is 1.96. The molecular formula is C15H16F2N2O2S. The monoisotopic (exact) mass is 326 g/mol. The van der Waals surface area contributed by atoms with Gasteiger partial charge in [0.25, 0.3) is 0 Å². The smallest absolute Gasteiger partial charge is 0.226 e. The Morgan fingerprint density at radius 1 is 1.41 bits per heavy atom. The maximum Gasteiger partial charge on any atom is 0.226 e. The maximum atomic E-state index is 13.5. The normalized spacial score (nSPS) is 12.2. The molecule has 2 rings (SSSR count). The molecule has 0 spiro atoms. The third kappa shape index (κ3) is 4.08. The fraction of sp³-hybridized carbons (Fsp3) is 0.333. The van der Waals surface area contributed by atoms with Crippen molar-refractivity contribution in [1.82, 2.24) is 10.3 Å². The van der Waals surface area contributed by atoms with Gasteiger partial charge in [-0.3, -0.25) is 4.79 Å². The molecule has 1 unspecified atom stereocenters. The van der Waals surface area contributed by atoms with Gasteiger partial charge in [-0.25, -0.2) is 13.8 Å². The highest BCUT2D eigenvalue weighted by atomic mass is 32.1. The zero-order chi connectivity index (χ0) is 16.1. The molecule has 7 heteroatoms. The number of aromatic nitrogens is 1. The van der Waals surface area contributed by atoms with Gasteiger partial charge in [-0.05, 0) is 18.6 Å². The standard InChI is InChI=1S/C15H16F2N2O2S/c1-2-14-19-9(8-22-14)6-13(21)18-7-12(20)15-10(16)4-3-5-11(15)17/h3-5,8,12,20H,2,6-7H2,1H3,(H,18,21). The van der Waals surface area contributed by atoms with Gasteiger partial charge in [0.1, 0.15) is 17.7 Å². The van der Waals surface area contributed by atoms with E-state index in [1.165, 1.54) is 17.4 Å². The molecule has 0 bridgehead atoms. The predicted octanol–water partition coefficient (Wildman–Crippen LogP) is 2.38. The molecule has 0 aliphatic rings. The summed E-state index contributed by atoms with van der Waals surface area (Å²) >= 11 is 1.48. The molecule has 2 N–H and O–H groups in total. The average molecular weight is 326 g/mol. The van der Waals surface area contributed by atoms with Crippen LogP contribution in [-0.2, 0) is 17.6 Å². The number of amides is 1. The number of aliphatic hydroxyl groups excluding tert-OH is 1. The van der Waals surface area contributed by atoms with Crippen LogP contribution in [0.1, 0.15) is 29.3 Å². The van der Waals surface area contributed by atoms with E-state index >= 15 is 0 Å². The molecule has 0 aliphatic heterocycles. The van der Waals surface area contributed by atoms with Gasteiger partial charge in [-0.2, -0.15) is 0 Å². The van der Waals surface area contributed by atoms with Crippen molar-refractivity contribution in [2.75, 3.05) is 6.54 Å². The van der Waals surface area contributed by atoms with E-state index in [4.69, 9.17) is 0 Å². The first-order valence-electron chi connectivity index (χ1n) is 6.83. The molecule has 1 aromatic carbocycles. The number of benzene rings is 1. The highest BCUT2D eigenvalue weighted by Crippen LogP contribution is 2.20. The van der Waals surface area contributed by atoms with Crippen LogP contribution in [0, 0.1) is 11.6 Å². The summed E-state index contributed by atoms with van der Waals surface area (Å²) < 4.78 is 27.0. The Labute approximate surface area is 130 Å². The van der Waals surface area contributed by atoms with Crippen LogP contribution < -0.4 is 5.32 Å². The summed E-state index contributed by atoms with van der Waals surface area (Å²) in [5.74, 6) is -2.04. The molecule has 1 atom stereocenters.